The van der Waals surface area contributed by atoms with Crippen LogP contribution in [0.2, 0.25) is 0 Å². The number of halogens is 2. The van der Waals surface area contributed by atoms with Crippen molar-refractivity contribution in [1.82, 2.24) is 10.2 Å². The molecule has 0 unspecified atom stereocenters. The van der Waals surface area contributed by atoms with Gasteiger partial charge in [0.2, 0.25) is 5.91 Å². The number of ether oxygens (including phenoxy) is 1. The Morgan fingerprint density at radius 2 is 1.96 bits per heavy atom. The Hall–Kier alpha value is -2.41. The van der Waals surface area contributed by atoms with E-state index in [1.54, 1.807) is 37.3 Å². The van der Waals surface area contributed by atoms with Gasteiger partial charge in [-0.15, -0.1) is 0 Å². The summed E-state index contributed by atoms with van der Waals surface area (Å²) in [4.78, 5) is 26.1. The lowest BCUT2D eigenvalue weighted by molar-refractivity contribution is -0.142. The van der Waals surface area contributed by atoms with Crippen LogP contribution >= 0.6 is 15.9 Å². The fourth-order valence-electron chi connectivity index (χ4n) is 2.54. The minimum Gasteiger partial charge on any atom is -0.484 e. The van der Waals surface area contributed by atoms with Crippen molar-refractivity contribution >= 4 is 27.7 Å². The van der Waals surface area contributed by atoms with Crippen LogP contribution in [-0.2, 0) is 16.1 Å². The maximum absolute atomic E-state index is 14.0. The predicted molar refractivity (Wildman–Crippen MR) is 105 cm³/mol. The van der Waals surface area contributed by atoms with E-state index in [2.05, 4.69) is 21.2 Å². The minimum absolute atomic E-state index is 0.0250. The number of carbonyl (C=O) groups excluding carboxylic acids is 2. The van der Waals surface area contributed by atoms with E-state index in [1.165, 1.54) is 18.0 Å². The highest BCUT2D eigenvalue weighted by Crippen LogP contribution is 2.22. The van der Waals surface area contributed by atoms with Gasteiger partial charge in [0, 0.05) is 23.6 Å². The second kappa shape index (κ2) is 9.50. The summed E-state index contributed by atoms with van der Waals surface area (Å²) in [5.74, 6) is -0.625. The lowest BCUT2D eigenvalue weighted by Gasteiger charge is -2.28. The van der Waals surface area contributed by atoms with Gasteiger partial charge in [0.15, 0.2) is 6.61 Å². The Bertz CT molecular complexity index is 829. The summed E-state index contributed by atoms with van der Waals surface area (Å²) < 4.78 is 20.5. The highest BCUT2D eigenvalue weighted by Gasteiger charge is 2.26. The van der Waals surface area contributed by atoms with Crippen molar-refractivity contribution in [1.29, 1.82) is 0 Å². The van der Waals surface area contributed by atoms with Crippen molar-refractivity contribution in [3.63, 3.8) is 0 Å². The molecule has 7 heteroatoms. The van der Waals surface area contributed by atoms with Crippen LogP contribution in [0.3, 0.4) is 0 Å². The number of rotatable bonds is 7. The zero-order chi connectivity index (χ0) is 20.0. The van der Waals surface area contributed by atoms with Crippen LogP contribution in [0.25, 0.3) is 0 Å². The van der Waals surface area contributed by atoms with E-state index in [-0.39, 0.29) is 19.1 Å². The first-order valence-electron chi connectivity index (χ1n) is 8.47. The standard InChI is InChI=1S/C20H22BrFN2O3/c1-13-10-16(8-9-17(13)21)27-12-19(25)24(14(2)20(26)23-3)11-15-6-4-5-7-18(15)22/h4-10,14H,11-12H2,1-3H3,(H,23,26)/t14-/m1/s1. The number of likely N-dealkylation sites (N-methyl/N-ethyl adjacent to an activating group) is 1. The fraction of sp³-hybridized carbons (Fsp3) is 0.300. The molecule has 0 fully saturated rings. The van der Waals surface area contributed by atoms with E-state index in [4.69, 9.17) is 4.74 Å². The molecule has 144 valence electrons. The molecule has 27 heavy (non-hydrogen) atoms. The Kier molecular flexibility index (Phi) is 7.36. The molecule has 0 aromatic heterocycles. The molecule has 0 bridgehead atoms. The van der Waals surface area contributed by atoms with Gasteiger partial charge in [-0.05, 0) is 43.7 Å². The zero-order valence-corrected chi connectivity index (χ0v) is 17.0. The third kappa shape index (κ3) is 5.53. The lowest BCUT2D eigenvalue weighted by Crippen LogP contribution is -2.48. The van der Waals surface area contributed by atoms with Gasteiger partial charge in [0.25, 0.3) is 5.91 Å². The summed E-state index contributed by atoms with van der Waals surface area (Å²) in [5, 5.41) is 2.52. The Morgan fingerprint density at radius 3 is 2.59 bits per heavy atom. The first-order chi connectivity index (χ1) is 12.8. The van der Waals surface area contributed by atoms with Crippen molar-refractivity contribution in [2.24, 2.45) is 0 Å². The Morgan fingerprint density at radius 1 is 1.26 bits per heavy atom. The molecule has 2 amide bonds. The number of carbonyl (C=O) groups is 2. The number of hydrogen-bond donors (Lipinski definition) is 1. The van der Waals surface area contributed by atoms with Crippen LogP contribution in [0.1, 0.15) is 18.1 Å². The smallest absolute Gasteiger partial charge is 0.261 e. The molecule has 5 nitrogen and oxygen atoms in total. The highest BCUT2D eigenvalue weighted by atomic mass is 79.9. The number of aryl methyl sites for hydroxylation is 1. The average Bonchev–Trinajstić information content (AvgIpc) is 2.66. The maximum Gasteiger partial charge on any atom is 0.261 e. The molecular weight excluding hydrogens is 415 g/mol. The van der Waals surface area contributed by atoms with E-state index >= 15 is 0 Å². The number of nitrogens with zero attached hydrogens (tertiary/aromatic N) is 1. The first-order valence-corrected chi connectivity index (χ1v) is 9.26. The molecule has 0 aliphatic heterocycles. The number of amides is 2. The summed E-state index contributed by atoms with van der Waals surface area (Å²) >= 11 is 3.41. The quantitative estimate of drug-likeness (QED) is 0.722. The molecule has 2 aromatic rings. The van der Waals surface area contributed by atoms with E-state index in [0.717, 1.165) is 10.0 Å². The molecule has 1 atom stereocenters. The molecule has 2 rings (SSSR count). The Balaban J connectivity index is 2.16. The van der Waals surface area contributed by atoms with Crippen molar-refractivity contribution < 1.29 is 18.7 Å². The van der Waals surface area contributed by atoms with Gasteiger partial charge in [-0.2, -0.15) is 0 Å². The summed E-state index contributed by atoms with van der Waals surface area (Å²) in [5.41, 5.74) is 1.31. The van der Waals surface area contributed by atoms with Crippen LogP contribution in [0.5, 0.6) is 5.75 Å². The van der Waals surface area contributed by atoms with E-state index in [0.29, 0.717) is 11.3 Å². The normalized spacial score (nSPS) is 11.6. The molecule has 0 saturated heterocycles. The van der Waals surface area contributed by atoms with Gasteiger partial charge in [0.05, 0.1) is 0 Å². The van der Waals surface area contributed by atoms with Crippen LogP contribution in [0, 0.1) is 12.7 Å². The molecule has 0 spiro atoms. The molecule has 2 aromatic carbocycles. The highest BCUT2D eigenvalue weighted by molar-refractivity contribution is 9.10. The van der Waals surface area contributed by atoms with Gasteiger partial charge in [0.1, 0.15) is 17.6 Å². The first kappa shape index (κ1) is 20.9. The third-order valence-electron chi connectivity index (χ3n) is 4.20. The van der Waals surface area contributed by atoms with Gasteiger partial charge in [-0.3, -0.25) is 9.59 Å². The topological polar surface area (TPSA) is 58.6 Å². The van der Waals surface area contributed by atoms with Gasteiger partial charge < -0.3 is 15.0 Å². The summed E-state index contributed by atoms with van der Waals surface area (Å²) in [6, 6.07) is 10.8. The Labute approximate surface area is 166 Å². The molecule has 0 radical (unpaired) electrons. The molecule has 1 N–H and O–H groups in total. The molecular formula is C20H22BrFN2O3. The largest absolute Gasteiger partial charge is 0.484 e. The number of nitrogens with one attached hydrogen (secondary N) is 1. The summed E-state index contributed by atoms with van der Waals surface area (Å²) in [6.45, 7) is 3.23. The minimum atomic E-state index is -0.766. The van der Waals surface area contributed by atoms with Crippen LogP contribution in [-0.4, -0.2) is 36.4 Å². The maximum atomic E-state index is 14.0. The number of benzene rings is 2. The molecule has 0 heterocycles. The summed E-state index contributed by atoms with van der Waals surface area (Å²) in [6.07, 6.45) is 0. The average molecular weight is 437 g/mol. The predicted octanol–water partition coefficient (Wildman–Crippen LogP) is 3.44. The lowest BCUT2D eigenvalue weighted by atomic mass is 10.1. The van der Waals surface area contributed by atoms with Crippen LogP contribution in [0.15, 0.2) is 46.9 Å². The molecule has 0 saturated carbocycles. The van der Waals surface area contributed by atoms with Crippen molar-refractivity contribution in [3.8, 4) is 5.75 Å². The van der Waals surface area contributed by atoms with Crippen molar-refractivity contribution in [3.05, 3.63) is 63.9 Å². The van der Waals surface area contributed by atoms with E-state index in [9.17, 15) is 14.0 Å². The van der Waals surface area contributed by atoms with Gasteiger partial charge in [-0.1, -0.05) is 34.1 Å². The van der Waals surface area contributed by atoms with Crippen molar-refractivity contribution in [2.45, 2.75) is 26.4 Å². The van der Waals surface area contributed by atoms with Gasteiger partial charge >= 0.3 is 0 Å². The zero-order valence-electron chi connectivity index (χ0n) is 15.5. The van der Waals surface area contributed by atoms with Crippen LogP contribution in [0.4, 0.5) is 4.39 Å². The molecule has 0 aliphatic rings. The summed E-state index contributed by atoms with van der Waals surface area (Å²) in [7, 11) is 1.49. The van der Waals surface area contributed by atoms with E-state index in [1.807, 2.05) is 13.0 Å². The van der Waals surface area contributed by atoms with Crippen molar-refractivity contribution in [2.75, 3.05) is 13.7 Å². The van der Waals surface area contributed by atoms with Crippen LogP contribution < -0.4 is 10.1 Å². The van der Waals surface area contributed by atoms with Gasteiger partial charge in [-0.25, -0.2) is 4.39 Å². The third-order valence-corrected chi connectivity index (χ3v) is 5.09. The fourth-order valence-corrected chi connectivity index (χ4v) is 2.78. The second-order valence-electron chi connectivity index (χ2n) is 6.10. The SMILES string of the molecule is CNC(=O)[C@@H](C)N(Cc1ccccc1F)C(=O)COc1ccc(Br)c(C)c1. The second-order valence-corrected chi connectivity index (χ2v) is 6.96. The molecule has 0 aliphatic carbocycles. The monoisotopic (exact) mass is 436 g/mol. The van der Waals surface area contributed by atoms with E-state index < -0.39 is 17.8 Å². The number of hydrogen-bond acceptors (Lipinski definition) is 3.